The van der Waals surface area contributed by atoms with Gasteiger partial charge in [-0.05, 0) is 13.0 Å². The summed E-state index contributed by atoms with van der Waals surface area (Å²) in [6.45, 7) is 1.07. The molecule has 1 unspecified atom stereocenters. The van der Waals surface area contributed by atoms with Crippen LogP contribution in [-0.4, -0.2) is 57.6 Å². The zero-order valence-electron chi connectivity index (χ0n) is 14.9. The van der Waals surface area contributed by atoms with Gasteiger partial charge in [0, 0.05) is 24.3 Å². The molecule has 0 amide bonds. The zero-order chi connectivity index (χ0) is 21.0. The molecule has 2 aliphatic rings. The second-order valence-electron chi connectivity index (χ2n) is 5.79. The van der Waals surface area contributed by atoms with Gasteiger partial charge in [0.1, 0.15) is 12.7 Å². The molecule has 2 N–H and O–H groups in total. The van der Waals surface area contributed by atoms with Crippen molar-refractivity contribution in [1.82, 2.24) is 9.55 Å². The Labute approximate surface area is 163 Å². The van der Waals surface area contributed by atoms with Gasteiger partial charge in [-0.15, -0.1) is 0 Å². The molecule has 1 saturated heterocycles. The number of ether oxygens (including phenoxy) is 4. The minimum atomic E-state index is -1.24. The quantitative estimate of drug-likeness (QED) is 0.206. The van der Waals surface area contributed by atoms with Crippen LogP contribution in [0.15, 0.2) is 29.2 Å². The Kier molecular flexibility index (Phi) is 5.91. The van der Waals surface area contributed by atoms with E-state index in [1.807, 2.05) is 0 Å². The maximum Gasteiger partial charge on any atom is 0.384 e. The Morgan fingerprint density at radius 2 is 1.97 bits per heavy atom. The van der Waals surface area contributed by atoms with Gasteiger partial charge in [-0.1, -0.05) is 5.92 Å². The first kappa shape index (κ1) is 20.1. The van der Waals surface area contributed by atoms with Crippen LogP contribution in [0.5, 0.6) is 0 Å². The van der Waals surface area contributed by atoms with E-state index >= 15 is 0 Å². The van der Waals surface area contributed by atoms with Gasteiger partial charge in [0.25, 0.3) is 0 Å². The van der Waals surface area contributed by atoms with E-state index in [-0.39, 0.29) is 12.4 Å². The minimum absolute atomic E-state index is 0.117. The lowest BCUT2D eigenvalue weighted by Crippen LogP contribution is -2.42. The van der Waals surface area contributed by atoms with Gasteiger partial charge < -0.3 is 18.9 Å². The van der Waals surface area contributed by atoms with Crippen molar-refractivity contribution < 1.29 is 38.5 Å². The molecule has 0 aliphatic carbocycles. The standard InChI is InChI=1S/C17H15N3O9/c1-2-3-11(21)26-8-9-14-15(29-13(23)5-4-12(22)28-14)16(27-9)20-7-6-10(19-25)18-17(20)24/h4-7,9,14-16,25H,8H2,1H3,(H,18,19,24)/b5-4-/t9-,14?,15-,16-/m1/s1. The number of hydrogen-bond acceptors (Lipinski definition) is 11. The molecule has 4 atom stereocenters. The molecule has 29 heavy (non-hydrogen) atoms. The Hall–Kier alpha value is -3.69. The van der Waals surface area contributed by atoms with Crippen molar-refractivity contribution in [3.05, 3.63) is 34.9 Å². The van der Waals surface area contributed by atoms with E-state index in [0.29, 0.717) is 0 Å². The Morgan fingerprint density at radius 1 is 1.28 bits per heavy atom. The van der Waals surface area contributed by atoms with Gasteiger partial charge in [0.05, 0.1) is 0 Å². The summed E-state index contributed by atoms with van der Waals surface area (Å²) < 4.78 is 22.2. The van der Waals surface area contributed by atoms with Crippen LogP contribution in [0.4, 0.5) is 5.82 Å². The molecule has 3 rings (SSSR count). The highest BCUT2D eigenvalue weighted by molar-refractivity contribution is 5.92. The van der Waals surface area contributed by atoms with Gasteiger partial charge in [-0.25, -0.2) is 19.2 Å². The first-order valence-corrected chi connectivity index (χ1v) is 8.26. The summed E-state index contributed by atoms with van der Waals surface area (Å²) in [4.78, 5) is 51.2. The second-order valence-corrected chi connectivity index (χ2v) is 5.79. The van der Waals surface area contributed by atoms with Crippen LogP contribution in [0, 0.1) is 11.8 Å². The molecule has 0 spiro atoms. The highest BCUT2D eigenvalue weighted by atomic mass is 16.7. The van der Waals surface area contributed by atoms with Gasteiger partial charge >= 0.3 is 23.6 Å². The third-order valence-corrected chi connectivity index (χ3v) is 3.97. The van der Waals surface area contributed by atoms with Crippen molar-refractivity contribution in [3.63, 3.8) is 0 Å². The number of rotatable bonds is 4. The molecule has 0 aromatic carbocycles. The fourth-order valence-corrected chi connectivity index (χ4v) is 2.78. The van der Waals surface area contributed by atoms with E-state index in [0.717, 1.165) is 16.7 Å². The van der Waals surface area contributed by atoms with Gasteiger partial charge in [0.15, 0.2) is 24.3 Å². The van der Waals surface area contributed by atoms with Crippen LogP contribution in [0.3, 0.4) is 0 Å². The first-order valence-electron chi connectivity index (χ1n) is 8.26. The zero-order valence-corrected chi connectivity index (χ0v) is 14.9. The fraction of sp³-hybridized carbons (Fsp3) is 0.353. The van der Waals surface area contributed by atoms with E-state index in [1.165, 1.54) is 19.2 Å². The van der Waals surface area contributed by atoms with Crippen LogP contribution >= 0.6 is 0 Å². The van der Waals surface area contributed by atoms with E-state index < -0.39 is 48.1 Å². The highest BCUT2D eigenvalue weighted by Crippen LogP contribution is 2.34. The smallest absolute Gasteiger partial charge is 0.384 e. The monoisotopic (exact) mass is 405 g/mol. The van der Waals surface area contributed by atoms with Gasteiger partial charge in [-0.3, -0.25) is 15.3 Å². The lowest BCUT2D eigenvalue weighted by atomic mass is 10.1. The number of anilines is 1. The Bertz CT molecular complexity index is 974. The third-order valence-electron chi connectivity index (χ3n) is 3.97. The number of nitrogens with zero attached hydrogens (tertiary/aromatic N) is 2. The van der Waals surface area contributed by atoms with E-state index in [1.54, 1.807) is 5.48 Å². The summed E-state index contributed by atoms with van der Waals surface area (Å²) in [6, 6.07) is 1.26. The van der Waals surface area contributed by atoms with Crippen molar-refractivity contribution >= 4 is 23.7 Å². The van der Waals surface area contributed by atoms with Crippen molar-refractivity contribution in [2.24, 2.45) is 0 Å². The van der Waals surface area contributed by atoms with Crippen LogP contribution in [-0.2, 0) is 33.3 Å². The van der Waals surface area contributed by atoms with Crippen LogP contribution in [0.1, 0.15) is 13.2 Å². The van der Waals surface area contributed by atoms with Crippen molar-refractivity contribution in [2.75, 3.05) is 12.1 Å². The number of hydrogen-bond donors (Lipinski definition) is 2. The molecule has 0 saturated carbocycles. The highest BCUT2D eigenvalue weighted by Gasteiger charge is 2.51. The average molecular weight is 405 g/mol. The third kappa shape index (κ3) is 4.42. The molecule has 12 heteroatoms. The molecule has 152 valence electrons. The molecule has 0 bridgehead atoms. The van der Waals surface area contributed by atoms with Crippen LogP contribution in [0.2, 0.25) is 0 Å². The Balaban J connectivity index is 1.93. The fourth-order valence-electron chi connectivity index (χ4n) is 2.78. The number of carbonyl (C=O) groups excluding carboxylic acids is 3. The number of fused-ring (bicyclic) bond motifs is 1. The maximum absolute atomic E-state index is 12.3. The van der Waals surface area contributed by atoms with Crippen LogP contribution in [0.25, 0.3) is 0 Å². The molecular formula is C17H15N3O9. The number of carbonyl (C=O) groups is 3. The number of aromatic nitrogens is 2. The minimum Gasteiger partial charge on any atom is -0.453 e. The van der Waals surface area contributed by atoms with E-state index in [4.69, 9.17) is 24.2 Å². The summed E-state index contributed by atoms with van der Waals surface area (Å²) in [5.74, 6) is 1.91. The normalized spacial score (nSPS) is 26.6. The van der Waals surface area contributed by atoms with Crippen molar-refractivity contribution in [2.45, 2.75) is 31.5 Å². The summed E-state index contributed by atoms with van der Waals surface area (Å²) in [5, 5.41) is 8.86. The lowest BCUT2D eigenvalue weighted by Gasteiger charge is -2.25. The molecule has 12 nitrogen and oxygen atoms in total. The largest absolute Gasteiger partial charge is 0.453 e. The second kappa shape index (κ2) is 8.55. The average Bonchev–Trinajstić information content (AvgIpc) is 3.00. The number of nitrogens with one attached hydrogen (secondary N) is 1. The maximum atomic E-state index is 12.3. The molecule has 1 fully saturated rings. The topological polar surface area (TPSA) is 155 Å². The number of esters is 3. The molecule has 0 radical (unpaired) electrons. The predicted molar refractivity (Wildman–Crippen MR) is 91.1 cm³/mol. The Morgan fingerprint density at radius 3 is 2.59 bits per heavy atom. The van der Waals surface area contributed by atoms with Crippen LogP contribution < -0.4 is 11.2 Å². The van der Waals surface area contributed by atoms with E-state index in [9.17, 15) is 19.2 Å². The van der Waals surface area contributed by atoms with Crippen molar-refractivity contribution in [1.29, 1.82) is 0 Å². The SMILES string of the molecule is CC#CC(=O)OC[C@H]1O[C@@H](n2ccc(NO)nc2=O)[C@@H]2OC(=O)/C=C\C(=O)OC21. The molecule has 3 heterocycles. The van der Waals surface area contributed by atoms with Gasteiger partial charge in [-0.2, -0.15) is 4.98 Å². The molecule has 1 aromatic heterocycles. The first-order chi connectivity index (χ1) is 13.9. The lowest BCUT2D eigenvalue weighted by molar-refractivity contribution is -0.164. The van der Waals surface area contributed by atoms with Gasteiger partial charge in [0.2, 0.25) is 0 Å². The van der Waals surface area contributed by atoms with Crippen molar-refractivity contribution in [3.8, 4) is 11.8 Å². The predicted octanol–water partition coefficient (Wildman–Crippen LogP) is -1.10. The van der Waals surface area contributed by atoms with E-state index in [2.05, 4.69) is 16.8 Å². The summed E-state index contributed by atoms with van der Waals surface area (Å²) in [5.41, 5.74) is 0.882. The molecule has 2 aliphatic heterocycles. The summed E-state index contributed by atoms with van der Waals surface area (Å²) in [7, 11) is 0. The summed E-state index contributed by atoms with van der Waals surface area (Å²) >= 11 is 0. The molecule has 1 aromatic rings. The summed E-state index contributed by atoms with van der Waals surface area (Å²) in [6.07, 6.45) is -1.71. The molecular weight excluding hydrogens is 390 g/mol.